The first-order valence-electron chi connectivity index (χ1n) is 31.1. The van der Waals surface area contributed by atoms with E-state index in [1.807, 2.05) is 0 Å². The minimum Gasteiger partial charge on any atom is -0.310 e. The van der Waals surface area contributed by atoms with Gasteiger partial charge in [-0.3, -0.25) is 0 Å². The average molecular weight is 1260 g/mol. The van der Waals surface area contributed by atoms with E-state index < -0.39 is 0 Å². The van der Waals surface area contributed by atoms with Gasteiger partial charge in [-0.15, -0.1) is 0 Å². The second-order valence-corrected chi connectivity index (χ2v) is 24.8. The number of anilines is 6. The molecule has 4 aliphatic rings. The van der Waals surface area contributed by atoms with Gasteiger partial charge in [-0.05, 0) is 196 Å². The Morgan fingerprint density at radius 1 is 0.239 bits per heavy atom. The molecule has 0 aromatic heterocycles. The molecule has 0 unspecified atom stereocenters. The molecule has 14 aromatic rings. The summed E-state index contributed by atoms with van der Waals surface area (Å²) in [7, 11) is 4.34. The Morgan fingerprint density at radius 2 is 0.457 bits per heavy atom. The van der Waals surface area contributed by atoms with Crippen LogP contribution in [0.25, 0.3) is 66.8 Å². The van der Waals surface area contributed by atoms with Gasteiger partial charge in [0.1, 0.15) is 0 Å². The van der Waals surface area contributed by atoms with Crippen molar-refractivity contribution < 1.29 is 0 Å². The number of para-hydroxylation sites is 1. The number of rotatable bonds is 8. The SMILES string of the molecule is Brc1ccc(N(c2ccc(-c3ccccc3)cc2)c2ccc3c(c2)C2(c4ccccc4-c4ccccc42)c2ccccc2-3)cc1.[B]=NS.c1ccc(-c2ccc(N(c3ccccc3)c3ccc4c(c3)C3(c5ccccc5-c5ccccc53)c3ccccc3-4)cc2)cc1. The van der Waals surface area contributed by atoms with Crippen LogP contribution in [0.15, 0.2) is 355 Å². The number of fused-ring (bicyclic) bond motifs is 20. The van der Waals surface area contributed by atoms with Crippen molar-refractivity contribution in [2.45, 2.75) is 10.8 Å². The zero-order valence-electron chi connectivity index (χ0n) is 50.2. The van der Waals surface area contributed by atoms with Crippen LogP contribution < -0.4 is 9.80 Å². The molecule has 3 nitrogen and oxygen atoms in total. The molecule has 0 N–H and O–H groups in total. The summed E-state index contributed by atoms with van der Waals surface area (Å²) < 4.78 is 3.76. The van der Waals surface area contributed by atoms with E-state index in [1.165, 1.54) is 111 Å². The van der Waals surface area contributed by atoms with Gasteiger partial charge in [0.2, 0.25) is 0 Å². The van der Waals surface area contributed by atoms with Gasteiger partial charge in [-0.1, -0.05) is 277 Å². The Balaban J connectivity index is 0.000000141. The van der Waals surface area contributed by atoms with Crippen LogP contribution in [-0.2, 0) is 10.8 Å². The van der Waals surface area contributed by atoms with Gasteiger partial charge in [0.25, 0.3) is 0 Å². The number of halogens is 1. The van der Waals surface area contributed by atoms with E-state index in [1.54, 1.807) is 0 Å². The summed E-state index contributed by atoms with van der Waals surface area (Å²) in [4.78, 5) is 4.77. The predicted molar refractivity (Wildman–Crippen MR) is 391 cm³/mol. The summed E-state index contributed by atoms with van der Waals surface area (Å²) in [6.45, 7) is 0. The molecule has 92 heavy (non-hydrogen) atoms. The number of benzene rings is 14. The van der Waals surface area contributed by atoms with E-state index in [0.29, 0.717) is 0 Å². The predicted octanol–water partition coefficient (Wildman–Crippen LogP) is 23.3. The van der Waals surface area contributed by atoms with Crippen molar-refractivity contribution in [2.75, 3.05) is 9.80 Å². The summed E-state index contributed by atoms with van der Waals surface area (Å²) in [5.41, 5.74) is 32.3. The summed E-state index contributed by atoms with van der Waals surface area (Å²) in [6.07, 6.45) is 0. The minimum atomic E-state index is -0.377. The third-order valence-electron chi connectivity index (χ3n) is 19.0. The Hall–Kier alpha value is -10.6. The summed E-state index contributed by atoms with van der Waals surface area (Å²) in [6, 6.07) is 126. The van der Waals surface area contributed by atoms with Crippen molar-refractivity contribution in [3.05, 3.63) is 395 Å². The van der Waals surface area contributed by atoms with Crippen molar-refractivity contribution >= 4 is 70.5 Å². The molecule has 0 saturated carbocycles. The van der Waals surface area contributed by atoms with Crippen molar-refractivity contribution in [3.63, 3.8) is 0 Å². The van der Waals surface area contributed by atoms with Crippen LogP contribution in [0, 0.1) is 0 Å². The van der Waals surface area contributed by atoms with E-state index in [4.69, 9.17) is 0 Å². The van der Waals surface area contributed by atoms with Gasteiger partial charge in [-0.2, -0.15) is 0 Å². The molecule has 4 aliphatic carbocycles. The van der Waals surface area contributed by atoms with E-state index in [9.17, 15) is 0 Å². The monoisotopic (exact) mass is 1250 g/mol. The molecule has 6 heteroatoms. The van der Waals surface area contributed by atoms with Gasteiger partial charge in [0, 0.05) is 38.6 Å². The molecular formula is C86H58BBrN3S. The van der Waals surface area contributed by atoms with Crippen LogP contribution in [-0.4, -0.2) is 7.64 Å². The zero-order chi connectivity index (χ0) is 61.8. The summed E-state index contributed by atoms with van der Waals surface area (Å²) in [5.74, 6) is 0. The number of hydrogen-bond acceptors (Lipinski definition) is 4. The fourth-order valence-electron chi connectivity index (χ4n) is 15.4. The largest absolute Gasteiger partial charge is 0.310 e. The first kappa shape index (κ1) is 56.6. The maximum Gasteiger partial charge on any atom is 0.0726 e. The molecule has 18 rings (SSSR count). The van der Waals surface area contributed by atoms with Gasteiger partial charge in [0.05, 0.1) is 10.8 Å². The zero-order valence-corrected chi connectivity index (χ0v) is 52.6. The molecule has 2 spiro atoms. The standard InChI is InChI=1S/C43H28BrN.C43H29N.BHNS/c44-31-20-24-33(25-21-31)45(32-22-18-30(19-23-32)29-10-2-1-3-11-29)34-26-27-38-37-14-6-9-17-41(37)43(42(38)28-34)39-15-7-4-12-35(39)36-13-5-8-16-40(36)43;1-3-13-30(14-4-1)31-23-25-33(26-24-31)44(32-15-5-2-6-16-32)34-27-28-38-37-19-9-12-22-41(37)43(42(38)29-34)39-20-10-7-17-35(39)36-18-8-11-21-40(36)43;1-2-3/h1-28H;1-29H;3H. The van der Waals surface area contributed by atoms with Crippen LogP contribution >= 0.6 is 28.7 Å². The molecule has 0 atom stereocenters. The minimum absolute atomic E-state index is 0.366. The fourth-order valence-corrected chi connectivity index (χ4v) is 15.6. The van der Waals surface area contributed by atoms with Crippen LogP contribution in [0.5, 0.6) is 0 Å². The van der Waals surface area contributed by atoms with Crippen molar-refractivity contribution in [2.24, 2.45) is 4.30 Å². The Morgan fingerprint density at radius 3 is 0.761 bits per heavy atom. The van der Waals surface area contributed by atoms with Crippen LogP contribution in [0.2, 0.25) is 0 Å². The fraction of sp³-hybridized carbons (Fsp3) is 0.0233. The second-order valence-electron chi connectivity index (χ2n) is 23.7. The van der Waals surface area contributed by atoms with E-state index in [2.05, 4.69) is 396 Å². The summed E-state index contributed by atoms with van der Waals surface area (Å²) >= 11 is 6.84. The smallest absolute Gasteiger partial charge is 0.0726 e. The Bertz CT molecular complexity index is 4970. The van der Waals surface area contributed by atoms with Crippen LogP contribution in [0.1, 0.15) is 44.5 Å². The van der Waals surface area contributed by atoms with Crippen LogP contribution in [0.3, 0.4) is 0 Å². The second kappa shape index (κ2) is 23.6. The summed E-state index contributed by atoms with van der Waals surface area (Å²) in [5, 5.41) is 0. The quantitative estimate of drug-likeness (QED) is 0.121. The van der Waals surface area contributed by atoms with Gasteiger partial charge < -0.3 is 9.80 Å². The van der Waals surface area contributed by atoms with E-state index >= 15 is 0 Å². The third-order valence-corrected chi connectivity index (χ3v) is 19.6. The maximum absolute atomic E-state index is 4.34. The molecule has 0 amide bonds. The van der Waals surface area contributed by atoms with Gasteiger partial charge in [-0.25, -0.2) is 0 Å². The van der Waals surface area contributed by atoms with Gasteiger partial charge >= 0.3 is 24.8 Å². The first-order valence-corrected chi connectivity index (χ1v) is 32.3. The molecule has 1 radical (unpaired) electrons. The molecule has 0 saturated heterocycles. The topological polar surface area (TPSA) is 18.8 Å². The van der Waals surface area contributed by atoms with E-state index in [-0.39, 0.29) is 10.8 Å². The molecular weight excluding hydrogens is 1200 g/mol. The van der Waals surface area contributed by atoms with Crippen LogP contribution in [0.4, 0.5) is 34.1 Å². The number of thiol groups is 1. The first-order chi connectivity index (χ1) is 45.5. The average Bonchev–Trinajstić information content (AvgIpc) is 1.52. The molecule has 0 bridgehead atoms. The maximum atomic E-state index is 4.34. The number of nitrogens with zero attached hydrogens (tertiary/aromatic N) is 3. The number of hydrogen-bond donors (Lipinski definition) is 1. The normalized spacial score (nSPS) is 12.9. The van der Waals surface area contributed by atoms with Crippen molar-refractivity contribution in [3.8, 4) is 66.8 Å². The molecule has 0 aliphatic heterocycles. The van der Waals surface area contributed by atoms with Crippen molar-refractivity contribution in [1.82, 2.24) is 0 Å². The molecule has 14 aromatic carbocycles. The third kappa shape index (κ3) is 9.11. The van der Waals surface area contributed by atoms with Crippen molar-refractivity contribution in [1.29, 1.82) is 0 Å². The van der Waals surface area contributed by atoms with E-state index in [0.717, 1.165) is 38.6 Å². The Kier molecular flexibility index (Phi) is 14.5. The molecule has 0 fully saturated rings. The molecule has 0 heterocycles. The van der Waals surface area contributed by atoms with Gasteiger partial charge in [0.15, 0.2) is 0 Å². The molecule has 433 valence electrons. The Labute approximate surface area is 553 Å².